The van der Waals surface area contributed by atoms with Gasteiger partial charge in [-0.1, -0.05) is 46.3 Å². The predicted molar refractivity (Wildman–Crippen MR) is 144 cm³/mol. The lowest BCUT2D eigenvalue weighted by molar-refractivity contribution is -0.152. The number of likely N-dealkylation sites (tertiary alicyclic amines) is 1. The Hall–Kier alpha value is -1.16. The van der Waals surface area contributed by atoms with E-state index >= 15 is 0 Å². The molecule has 1 saturated heterocycles. The van der Waals surface area contributed by atoms with Gasteiger partial charge in [-0.15, -0.1) is 0 Å². The number of hydrogen-bond donors (Lipinski definition) is 0. The molecule has 0 aromatic heterocycles. The van der Waals surface area contributed by atoms with Crippen molar-refractivity contribution in [3.63, 3.8) is 0 Å². The van der Waals surface area contributed by atoms with Gasteiger partial charge in [0.25, 0.3) is 0 Å². The van der Waals surface area contributed by atoms with Crippen LogP contribution in [0.1, 0.15) is 99.3 Å². The second-order valence-corrected chi connectivity index (χ2v) is 14.4. The van der Waals surface area contributed by atoms with Gasteiger partial charge in [-0.2, -0.15) is 0 Å². The van der Waals surface area contributed by atoms with Crippen molar-refractivity contribution in [1.82, 2.24) is 4.90 Å². The summed E-state index contributed by atoms with van der Waals surface area (Å²) in [4.78, 5) is 27.8. The molecule has 0 N–H and O–H groups in total. The Balaban J connectivity index is 1.20. The standard InChI is InChI=1S/C32H51NO3/c1-20-15-21(2)19-33(18-20)14-11-29(35)36-25-9-12-31(5)24(17-25)7-8-26-27(31)10-13-32(6)28(26)16-22(3)30(32)23(4)34/h7,20-22,25-28,30H,8-19H2,1-6H3/t20-,21+,22-,25-,26-,27+,28+,30-,31-,32-/m0/s1. The lowest BCUT2D eigenvalue weighted by Gasteiger charge is -2.58. The first-order chi connectivity index (χ1) is 17.0. The van der Waals surface area contributed by atoms with E-state index < -0.39 is 0 Å². The van der Waals surface area contributed by atoms with Crippen molar-refractivity contribution < 1.29 is 14.3 Å². The number of ketones is 1. The fourth-order valence-corrected chi connectivity index (χ4v) is 10.4. The number of ether oxygens (including phenoxy) is 1. The first kappa shape index (κ1) is 26.4. The summed E-state index contributed by atoms with van der Waals surface area (Å²) in [6.07, 6.45) is 12.3. The van der Waals surface area contributed by atoms with E-state index in [-0.39, 0.29) is 28.8 Å². The highest BCUT2D eigenvalue weighted by Gasteiger charge is 2.61. The second kappa shape index (κ2) is 9.86. The number of fused-ring (bicyclic) bond motifs is 5. The Bertz CT molecular complexity index is 886. The molecule has 0 spiro atoms. The quantitative estimate of drug-likeness (QED) is 0.314. The molecule has 0 aromatic rings. The topological polar surface area (TPSA) is 46.6 Å². The maximum Gasteiger partial charge on any atom is 0.307 e. The van der Waals surface area contributed by atoms with Crippen LogP contribution in [-0.2, 0) is 14.3 Å². The number of nitrogens with zero attached hydrogens (tertiary/aromatic N) is 1. The van der Waals surface area contributed by atoms with Crippen LogP contribution in [0.3, 0.4) is 0 Å². The average molecular weight is 498 g/mol. The zero-order valence-corrected chi connectivity index (χ0v) is 23.9. The molecule has 10 atom stereocenters. The highest BCUT2D eigenvalue weighted by atomic mass is 16.5. The third kappa shape index (κ3) is 4.63. The Morgan fingerprint density at radius 3 is 2.44 bits per heavy atom. The number of carbonyl (C=O) groups is 2. The van der Waals surface area contributed by atoms with Crippen LogP contribution >= 0.6 is 0 Å². The maximum atomic E-state index is 12.8. The summed E-state index contributed by atoms with van der Waals surface area (Å²) in [5, 5.41) is 0. The number of hydrogen-bond acceptors (Lipinski definition) is 4. The third-order valence-corrected chi connectivity index (χ3v) is 11.7. The number of esters is 1. The summed E-state index contributed by atoms with van der Waals surface area (Å²) >= 11 is 0. The molecule has 0 aromatic carbocycles. The normalized spacial score (nSPS) is 46.8. The zero-order chi connectivity index (χ0) is 25.8. The highest BCUT2D eigenvalue weighted by Crippen LogP contribution is 2.67. The van der Waals surface area contributed by atoms with Gasteiger partial charge >= 0.3 is 5.97 Å². The molecule has 0 amide bonds. The molecule has 1 heterocycles. The fraction of sp³-hybridized carbons (Fsp3) is 0.875. The molecule has 1 aliphatic heterocycles. The minimum Gasteiger partial charge on any atom is -0.462 e. The van der Waals surface area contributed by atoms with Crippen LogP contribution < -0.4 is 0 Å². The molecule has 4 fully saturated rings. The molecule has 4 nitrogen and oxygen atoms in total. The van der Waals surface area contributed by atoms with E-state index in [0.717, 1.165) is 57.2 Å². The average Bonchev–Trinajstić information content (AvgIpc) is 3.07. The summed E-state index contributed by atoms with van der Waals surface area (Å²) in [5.41, 5.74) is 1.99. The number of piperidine rings is 1. The van der Waals surface area contributed by atoms with E-state index in [4.69, 9.17) is 4.74 Å². The van der Waals surface area contributed by atoms with Crippen molar-refractivity contribution >= 4 is 11.8 Å². The van der Waals surface area contributed by atoms with Crippen LogP contribution in [0, 0.1) is 52.3 Å². The minimum atomic E-state index is -0.00702. The van der Waals surface area contributed by atoms with E-state index in [0.29, 0.717) is 35.9 Å². The lowest BCUT2D eigenvalue weighted by atomic mass is 9.47. The van der Waals surface area contributed by atoms with Gasteiger partial charge in [0.2, 0.25) is 0 Å². The van der Waals surface area contributed by atoms with Gasteiger partial charge in [-0.3, -0.25) is 9.59 Å². The fourth-order valence-electron chi connectivity index (χ4n) is 10.4. The predicted octanol–water partition coefficient (Wildman–Crippen LogP) is 6.68. The molecule has 0 unspecified atom stereocenters. The Morgan fingerprint density at radius 1 is 1.03 bits per heavy atom. The Morgan fingerprint density at radius 2 is 1.75 bits per heavy atom. The van der Waals surface area contributed by atoms with E-state index in [1.807, 2.05) is 6.92 Å². The number of rotatable bonds is 5. The van der Waals surface area contributed by atoms with Crippen molar-refractivity contribution in [2.45, 2.75) is 105 Å². The summed E-state index contributed by atoms with van der Waals surface area (Å²) in [6.45, 7) is 16.8. The van der Waals surface area contributed by atoms with Crippen LogP contribution in [0.2, 0.25) is 0 Å². The van der Waals surface area contributed by atoms with Gasteiger partial charge in [-0.25, -0.2) is 0 Å². The molecule has 5 aliphatic rings. The number of carbonyl (C=O) groups excluding carboxylic acids is 2. The van der Waals surface area contributed by atoms with E-state index in [9.17, 15) is 9.59 Å². The zero-order valence-electron chi connectivity index (χ0n) is 23.9. The Kier molecular flexibility index (Phi) is 7.24. The number of Topliss-reactive ketones (excluding diaryl/α,β-unsaturated/α-hetero) is 1. The van der Waals surface area contributed by atoms with Gasteiger partial charge < -0.3 is 9.64 Å². The summed E-state index contributed by atoms with van der Waals surface area (Å²) in [7, 11) is 0. The van der Waals surface area contributed by atoms with Crippen molar-refractivity contribution in [1.29, 1.82) is 0 Å². The molecule has 36 heavy (non-hydrogen) atoms. The summed E-state index contributed by atoms with van der Waals surface area (Å²) in [6, 6.07) is 0. The van der Waals surface area contributed by atoms with Crippen LogP contribution in [0.15, 0.2) is 11.6 Å². The van der Waals surface area contributed by atoms with Crippen molar-refractivity contribution in [2.24, 2.45) is 52.3 Å². The smallest absolute Gasteiger partial charge is 0.307 e. The van der Waals surface area contributed by atoms with E-state index in [2.05, 4.69) is 45.6 Å². The van der Waals surface area contributed by atoms with Crippen LogP contribution in [0.5, 0.6) is 0 Å². The maximum absolute atomic E-state index is 12.8. The molecule has 0 bridgehead atoms. The largest absolute Gasteiger partial charge is 0.462 e. The van der Waals surface area contributed by atoms with Crippen LogP contribution in [0.25, 0.3) is 0 Å². The van der Waals surface area contributed by atoms with Crippen LogP contribution in [0.4, 0.5) is 0 Å². The third-order valence-electron chi connectivity index (χ3n) is 11.7. The number of allylic oxidation sites excluding steroid dienone is 1. The first-order valence-electron chi connectivity index (χ1n) is 15.1. The van der Waals surface area contributed by atoms with Gasteiger partial charge in [0.1, 0.15) is 11.9 Å². The van der Waals surface area contributed by atoms with Gasteiger partial charge in [-0.05, 0) is 98.2 Å². The van der Waals surface area contributed by atoms with E-state index in [1.165, 1.54) is 25.7 Å². The van der Waals surface area contributed by atoms with Crippen molar-refractivity contribution in [3.05, 3.63) is 11.6 Å². The Labute approximate surface area is 220 Å². The molecule has 4 heteroatoms. The molecule has 4 aliphatic carbocycles. The molecular weight excluding hydrogens is 446 g/mol. The molecule has 3 saturated carbocycles. The first-order valence-corrected chi connectivity index (χ1v) is 15.1. The molecule has 0 radical (unpaired) electrons. The molecule has 202 valence electrons. The minimum absolute atomic E-state index is 0.00702. The van der Waals surface area contributed by atoms with Crippen molar-refractivity contribution in [3.8, 4) is 0 Å². The van der Waals surface area contributed by atoms with Crippen LogP contribution in [-0.4, -0.2) is 42.4 Å². The summed E-state index contributed by atoms with van der Waals surface area (Å²) in [5.74, 6) is 4.71. The molecule has 5 rings (SSSR count). The SMILES string of the molecule is CC(=O)[C@@H]1[C@@H](C)C[C@@H]2[C@H]3CC=C4C[C@@H](OC(=O)CCN5C[C@H](C)C[C@H](C)C5)CC[C@]4(C)[C@@H]3CC[C@@]21C. The molecular formula is C32H51NO3. The monoisotopic (exact) mass is 497 g/mol. The van der Waals surface area contributed by atoms with Gasteiger partial charge in [0.15, 0.2) is 0 Å². The van der Waals surface area contributed by atoms with Gasteiger partial charge in [0, 0.05) is 32.0 Å². The van der Waals surface area contributed by atoms with E-state index in [1.54, 1.807) is 5.57 Å². The second-order valence-electron chi connectivity index (χ2n) is 14.4. The highest BCUT2D eigenvalue weighted by molar-refractivity contribution is 5.80. The van der Waals surface area contributed by atoms with Gasteiger partial charge in [0.05, 0.1) is 6.42 Å². The van der Waals surface area contributed by atoms with Crippen molar-refractivity contribution in [2.75, 3.05) is 19.6 Å². The summed E-state index contributed by atoms with van der Waals surface area (Å²) < 4.78 is 6.06. The lowest BCUT2D eigenvalue weighted by Crippen LogP contribution is -2.51.